The maximum atomic E-state index is 13.8. The van der Waals surface area contributed by atoms with Crippen LogP contribution in [0.2, 0.25) is 5.02 Å². The number of nitrogens with zero attached hydrogens (tertiary/aromatic N) is 3. The summed E-state index contributed by atoms with van der Waals surface area (Å²) in [6, 6.07) is 17.2. The second kappa shape index (κ2) is 10.4. The van der Waals surface area contributed by atoms with Crippen LogP contribution < -0.4 is 10.2 Å². The lowest BCUT2D eigenvalue weighted by atomic mass is 9.73. The molecule has 1 aromatic heterocycles. The summed E-state index contributed by atoms with van der Waals surface area (Å²) in [5.74, 6) is -0.0878. The van der Waals surface area contributed by atoms with Gasteiger partial charge in [-0.25, -0.2) is 0 Å². The van der Waals surface area contributed by atoms with Crippen molar-refractivity contribution in [3.8, 4) is 0 Å². The lowest BCUT2D eigenvalue weighted by molar-refractivity contribution is 0.0466. The Morgan fingerprint density at radius 1 is 0.974 bits per heavy atom. The van der Waals surface area contributed by atoms with Crippen LogP contribution in [0, 0.1) is 5.41 Å². The third-order valence-corrected chi connectivity index (χ3v) is 8.86. The summed E-state index contributed by atoms with van der Waals surface area (Å²) < 4.78 is 0. The number of aryl methyl sites for hydroxylation is 1. The lowest BCUT2D eigenvalue weighted by Crippen LogP contribution is -2.53. The van der Waals surface area contributed by atoms with Gasteiger partial charge in [0.05, 0.1) is 16.6 Å². The van der Waals surface area contributed by atoms with Gasteiger partial charge in [0.2, 0.25) is 0 Å². The number of hydrogen-bond acceptors (Lipinski definition) is 4. The largest absolute Gasteiger partial charge is 0.371 e. The molecule has 3 aromatic rings. The van der Waals surface area contributed by atoms with E-state index in [1.807, 2.05) is 36.7 Å². The molecule has 2 saturated heterocycles. The van der Waals surface area contributed by atoms with Crippen molar-refractivity contribution in [2.75, 3.05) is 31.1 Å². The van der Waals surface area contributed by atoms with Crippen LogP contribution in [0.4, 0.5) is 5.69 Å². The molecule has 3 heterocycles. The minimum absolute atomic E-state index is 0.0935. The number of aromatic nitrogens is 1. The number of carbonyl (C=O) groups is 2. The van der Waals surface area contributed by atoms with E-state index in [9.17, 15) is 9.59 Å². The van der Waals surface area contributed by atoms with Gasteiger partial charge in [0.25, 0.3) is 11.8 Å². The summed E-state index contributed by atoms with van der Waals surface area (Å²) in [5.41, 5.74) is 4.76. The quantitative estimate of drug-likeness (QED) is 0.473. The van der Waals surface area contributed by atoms with E-state index in [4.69, 9.17) is 11.6 Å². The number of carbonyl (C=O) groups excluding carboxylic acids is 2. The number of fused-ring (bicyclic) bond motifs is 1. The van der Waals surface area contributed by atoms with Crippen molar-refractivity contribution in [2.24, 2.45) is 5.41 Å². The summed E-state index contributed by atoms with van der Waals surface area (Å²) in [7, 11) is 0. The molecule has 1 unspecified atom stereocenters. The number of benzene rings is 2. The third kappa shape index (κ3) is 4.90. The van der Waals surface area contributed by atoms with Crippen LogP contribution in [-0.4, -0.2) is 47.9 Å². The maximum absolute atomic E-state index is 13.8. The van der Waals surface area contributed by atoms with E-state index in [0.717, 1.165) is 70.3 Å². The number of pyridine rings is 1. The Balaban J connectivity index is 1.17. The molecule has 0 saturated carbocycles. The van der Waals surface area contributed by atoms with Crippen LogP contribution in [0.25, 0.3) is 0 Å². The van der Waals surface area contributed by atoms with Gasteiger partial charge in [0, 0.05) is 55.2 Å². The molecule has 7 heteroatoms. The van der Waals surface area contributed by atoms with E-state index in [2.05, 4.69) is 38.3 Å². The van der Waals surface area contributed by atoms with Gasteiger partial charge in [0.1, 0.15) is 0 Å². The fourth-order valence-corrected chi connectivity index (χ4v) is 6.87. The van der Waals surface area contributed by atoms with E-state index in [1.165, 1.54) is 11.3 Å². The van der Waals surface area contributed by atoms with E-state index in [-0.39, 0.29) is 23.3 Å². The van der Waals surface area contributed by atoms with Gasteiger partial charge >= 0.3 is 0 Å². The van der Waals surface area contributed by atoms with Crippen LogP contribution >= 0.6 is 11.6 Å². The number of nitrogens with one attached hydrogen (secondary N) is 1. The average molecular weight is 529 g/mol. The highest BCUT2D eigenvalue weighted by Crippen LogP contribution is 2.40. The van der Waals surface area contributed by atoms with Crippen molar-refractivity contribution < 1.29 is 9.59 Å². The number of likely N-dealkylation sites (tertiary alicyclic amines) is 1. The van der Waals surface area contributed by atoms with Crippen molar-refractivity contribution in [3.05, 3.63) is 94.3 Å². The third-order valence-electron chi connectivity index (χ3n) is 8.53. The molecule has 6 nitrogen and oxygen atoms in total. The number of anilines is 1. The first kappa shape index (κ1) is 24.9. The summed E-state index contributed by atoms with van der Waals surface area (Å²) >= 11 is 6.25. The highest BCUT2D eigenvalue weighted by molar-refractivity contribution is 6.33. The number of halogens is 1. The summed E-state index contributed by atoms with van der Waals surface area (Å²) in [6.45, 7) is 3.60. The maximum Gasteiger partial charge on any atom is 0.253 e. The van der Waals surface area contributed by atoms with Crippen molar-refractivity contribution in [2.45, 2.75) is 44.6 Å². The van der Waals surface area contributed by atoms with Gasteiger partial charge in [-0.15, -0.1) is 0 Å². The lowest BCUT2D eigenvalue weighted by Gasteiger charge is -2.49. The van der Waals surface area contributed by atoms with Gasteiger partial charge in [-0.05, 0) is 86.1 Å². The number of hydrogen-bond donors (Lipinski definition) is 1. The second-order valence-corrected chi connectivity index (χ2v) is 11.4. The molecule has 2 aliphatic heterocycles. The molecule has 1 spiro atoms. The van der Waals surface area contributed by atoms with Crippen LogP contribution in [0.15, 0.2) is 67.0 Å². The zero-order chi connectivity index (χ0) is 26.1. The summed E-state index contributed by atoms with van der Waals surface area (Å²) in [4.78, 5) is 35.4. The van der Waals surface area contributed by atoms with Crippen molar-refractivity contribution in [1.29, 1.82) is 0 Å². The van der Waals surface area contributed by atoms with Gasteiger partial charge in [-0.3, -0.25) is 14.6 Å². The Hall–Kier alpha value is -3.38. The molecule has 2 atom stereocenters. The van der Waals surface area contributed by atoms with E-state index < -0.39 is 0 Å². The Morgan fingerprint density at radius 3 is 2.58 bits per heavy atom. The molecule has 1 aliphatic carbocycles. The summed E-state index contributed by atoms with van der Waals surface area (Å²) in [6.07, 6.45) is 9.87. The SMILES string of the molecule is O=C(N[C@@H]1CCc2ccc(C(=O)N3CCCC4(CCCN(c5ccncc5)C4)C3)cc21)c1ccccc1Cl. The average Bonchev–Trinajstić information content (AvgIpc) is 3.35. The Bertz CT molecular complexity index is 1340. The van der Waals surface area contributed by atoms with Gasteiger partial charge in [-0.1, -0.05) is 29.8 Å². The molecule has 2 amide bonds. The highest BCUT2D eigenvalue weighted by Gasteiger charge is 2.41. The van der Waals surface area contributed by atoms with E-state index >= 15 is 0 Å². The molecule has 3 aliphatic rings. The van der Waals surface area contributed by atoms with Gasteiger partial charge in [-0.2, -0.15) is 0 Å². The van der Waals surface area contributed by atoms with Gasteiger partial charge < -0.3 is 15.1 Å². The van der Waals surface area contributed by atoms with Crippen molar-refractivity contribution in [3.63, 3.8) is 0 Å². The molecule has 0 bridgehead atoms. The monoisotopic (exact) mass is 528 g/mol. The fourth-order valence-electron chi connectivity index (χ4n) is 6.65. The first-order valence-corrected chi connectivity index (χ1v) is 14.0. The predicted octanol–water partition coefficient (Wildman–Crippen LogP) is 5.68. The van der Waals surface area contributed by atoms with Crippen LogP contribution in [0.5, 0.6) is 0 Å². The molecule has 196 valence electrons. The predicted molar refractivity (Wildman–Crippen MR) is 150 cm³/mol. The number of rotatable bonds is 4. The fraction of sp³-hybridized carbons (Fsp3) is 0.387. The number of amides is 2. The minimum atomic E-state index is -0.181. The first-order chi connectivity index (χ1) is 18.5. The van der Waals surface area contributed by atoms with Crippen molar-refractivity contribution in [1.82, 2.24) is 15.2 Å². The van der Waals surface area contributed by atoms with Crippen LogP contribution in [0.1, 0.15) is 70.0 Å². The van der Waals surface area contributed by atoms with Crippen LogP contribution in [0.3, 0.4) is 0 Å². The minimum Gasteiger partial charge on any atom is -0.371 e. The highest BCUT2D eigenvalue weighted by atomic mass is 35.5. The zero-order valence-corrected chi connectivity index (χ0v) is 22.3. The Kier molecular flexibility index (Phi) is 6.83. The second-order valence-electron chi connectivity index (χ2n) is 11.0. The van der Waals surface area contributed by atoms with E-state index in [0.29, 0.717) is 16.1 Å². The topological polar surface area (TPSA) is 65.5 Å². The molecule has 38 heavy (non-hydrogen) atoms. The molecular formula is C31H33ClN4O2. The molecular weight excluding hydrogens is 496 g/mol. The molecule has 6 rings (SSSR count). The molecule has 2 aromatic carbocycles. The Morgan fingerprint density at radius 2 is 1.76 bits per heavy atom. The van der Waals surface area contributed by atoms with Crippen LogP contribution in [-0.2, 0) is 6.42 Å². The first-order valence-electron chi connectivity index (χ1n) is 13.6. The van der Waals surface area contributed by atoms with Gasteiger partial charge in [0.15, 0.2) is 0 Å². The van der Waals surface area contributed by atoms with Crippen molar-refractivity contribution >= 4 is 29.1 Å². The zero-order valence-electron chi connectivity index (χ0n) is 21.5. The number of piperidine rings is 2. The standard InChI is InChI=1S/C31H33ClN4O2/c32-27-6-2-1-5-25(27)29(37)34-28-10-9-22-7-8-23(19-26(22)28)30(38)36-18-4-14-31(21-36)13-3-17-35(20-31)24-11-15-33-16-12-24/h1-2,5-8,11-12,15-16,19,28H,3-4,9-10,13-14,17-18,20-21H2,(H,34,37)/t28-,31?/m1/s1. The van der Waals surface area contributed by atoms with E-state index in [1.54, 1.807) is 12.1 Å². The summed E-state index contributed by atoms with van der Waals surface area (Å²) in [5, 5.41) is 3.59. The molecule has 0 radical (unpaired) electrons. The molecule has 2 fully saturated rings. The smallest absolute Gasteiger partial charge is 0.253 e. The Labute approximate surface area is 229 Å². The molecule has 1 N–H and O–H groups in total. The normalized spacial score (nSPS) is 22.8.